The van der Waals surface area contributed by atoms with Crippen molar-refractivity contribution >= 4 is 11.8 Å². The largest absolute Gasteiger partial charge is 0.484 e. The zero-order chi connectivity index (χ0) is 24.3. The van der Waals surface area contributed by atoms with Gasteiger partial charge in [-0.05, 0) is 43.0 Å². The molecule has 0 aliphatic heterocycles. The minimum absolute atomic E-state index is 0.136. The first-order valence-electron chi connectivity index (χ1n) is 11.8. The van der Waals surface area contributed by atoms with Gasteiger partial charge in [0, 0.05) is 19.5 Å². The number of nitrogens with zero attached hydrogens (tertiary/aromatic N) is 1. The molecule has 0 saturated carbocycles. The van der Waals surface area contributed by atoms with Gasteiger partial charge in [-0.3, -0.25) is 9.59 Å². The summed E-state index contributed by atoms with van der Waals surface area (Å²) in [6.07, 6.45) is 1.25. The summed E-state index contributed by atoms with van der Waals surface area (Å²) >= 11 is 0. The maximum absolute atomic E-state index is 13.5. The summed E-state index contributed by atoms with van der Waals surface area (Å²) in [4.78, 5) is 28.5. The molecule has 3 rings (SSSR count). The zero-order valence-corrected chi connectivity index (χ0v) is 20.3. The minimum Gasteiger partial charge on any atom is -0.484 e. The number of ether oxygens (including phenoxy) is 1. The number of nitrogens with one attached hydrogen (secondary N) is 1. The van der Waals surface area contributed by atoms with Crippen LogP contribution in [0.25, 0.3) is 0 Å². The minimum atomic E-state index is -0.650. The van der Waals surface area contributed by atoms with E-state index in [2.05, 4.69) is 5.32 Å². The van der Waals surface area contributed by atoms with Crippen molar-refractivity contribution in [2.45, 2.75) is 46.2 Å². The predicted octanol–water partition coefficient (Wildman–Crippen LogP) is 4.85. The Hall–Kier alpha value is -3.60. The van der Waals surface area contributed by atoms with E-state index < -0.39 is 6.04 Å². The van der Waals surface area contributed by atoms with E-state index in [4.69, 9.17) is 4.74 Å². The molecule has 0 aromatic heterocycles. The van der Waals surface area contributed by atoms with Crippen LogP contribution in [0.2, 0.25) is 0 Å². The first-order chi connectivity index (χ1) is 16.5. The summed E-state index contributed by atoms with van der Waals surface area (Å²) in [5.41, 5.74) is 4.07. The average Bonchev–Trinajstić information content (AvgIpc) is 2.85. The number of rotatable bonds is 11. The molecule has 0 aliphatic carbocycles. The van der Waals surface area contributed by atoms with E-state index in [-0.39, 0.29) is 18.4 Å². The van der Waals surface area contributed by atoms with Gasteiger partial charge in [0.05, 0.1) is 0 Å². The van der Waals surface area contributed by atoms with Gasteiger partial charge in [0.15, 0.2) is 6.61 Å². The van der Waals surface area contributed by atoms with E-state index in [1.54, 1.807) is 4.90 Å². The Labute approximate surface area is 202 Å². The molecule has 34 heavy (non-hydrogen) atoms. The molecule has 3 aromatic rings. The molecule has 0 saturated heterocycles. The molecule has 0 fully saturated rings. The summed E-state index contributed by atoms with van der Waals surface area (Å²) in [5.74, 6) is 0.291. The average molecular weight is 459 g/mol. The molecule has 0 unspecified atom stereocenters. The van der Waals surface area contributed by atoms with Crippen LogP contribution in [0.5, 0.6) is 5.75 Å². The van der Waals surface area contributed by atoms with Crippen LogP contribution in [-0.2, 0) is 22.6 Å². The zero-order valence-electron chi connectivity index (χ0n) is 20.3. The fourth-order valence-electron chi connectivity index (χ4n) is 3.75. The van der Waals surface area contributed by atoms with Crippen molar-refractivity contribution in [3.05, 3.63) is 101 Å². The number of benzene rings is 3. The van der Waals surface area contributed by atoms with Crippen molar-refractivity contribution in [2.24, 2.45) is 0 Å². The van der Waals surface area contributed by atoms with Crippen LogP contribution in [0.3, 0.4) is 0 Å². The molecule has 178 valence electrons. The second-order valence-corrected chi connectivity index (χ2v) is 8.56. The Bertz CT molecular complexity index is 1060. The van der Waals surface area contributed by atoms with Crippen LogP contribution < -0.4 is 10.1 Å². The molecule has 0 heterocycles. The number of carbonyl (C=O) groups excluding carboxylic acids is 2. The van der Waals surface area contributed by atoms with E-state index in [1.165, 1.54) is 0 Å². The lowest BCUT2D eigenvalue weighted by molar-refractivity contribution is -0.142. The van der Waals surface area contributed by atoms with Gasteiger partial charge >= 0.3 is 0 Å². The van der Waals surface area contributed by atoms with Crippen LogP contribution in [-0.4, -0.2) is 35.9 Å². The van der Waals surface area contributed by atoms with Crippen molar-refractivity contribution in [3.8, 4) is 5.75 Å². The van der Waals surface area contributed by atoms with Crippen molar-refractivity contribution in [2.75, 3.05) is 13.2 Å². The van der Waals surface area contributed by atoms with E-state index in [1.807, 2.05) is 99.6 Å². The molecule has 1 atom stereocenters. The third-order valence-corrected chi connectivity index (χ3v) is 5.74. The quantitative estimate of drug-likeness (QED) is 0.447. The second-order valence-electron chi connectivity index (χ2n) is 8.56. The monoisotopic (exact) mass is 458 g/mol. The summed E-state index contributed by atoms with van der Waals surface area (Å²) in [6, 6.07) is 24.8. The molecule has 2 amide bonds. The fourth-order valence-corrected chi connectivity index (χ4v) is 3.75. The predicted molar refractivity (Wildman–Crippen MR) is 136 cm³/mol. The van der Waals surface area contributed by atoms with E-state index in [0.29, 0.717) is 25.3 Å². The standard InChI is InChI=1S/C29H34N2O3/c1-4-18-30-29(33)26(19-24-11-6-5-7-12-24)31(20-25-16-14-22(2)15-17-25)28(32)21-34-27-13-9-8-10-23(27)3/h5-17,26H,4,18-21H2,1-3H3,(H,30,33)/t26-/m1/s1. The maximum Gasteiger partial charge on any atom is 0.261 e. The summed E-state index contributed by atoms with van der Waals surface area (Å²) < 4.78 is 5.87. The molecule has 0 radical (unpaired) electrons. The van der Waals surface area contributed by atoms with Crippen LogP contribution in [0.4, 0.5) is 0 Å². The summed E-state index contributed by atoms with van der Waals surface area (Å²) in [5, 5.41) is 2.99. The van der Waals surface area contributed by atoms with E-state index >= 15 is 0 Å². The highest BCUT2D eigenvalue weighted by molar-refractivity contribution is 5.88. The summed E-state index contributed by atoms with van der Waals surface area (Å²) in [7, 11) is 0. The number of aryl methyl sites for hydroxylation is 2. The molecule has 0 spiro atoms. The Kier molecular flexibility index (Phi) is 9.27. The van der Waals surface area contributed by atoms with Crippen molar-refractivity contribution < 1.29 is 14.3 Å². The molecule has 5 nitrogen and oxygen atoms in total. The second kappa shape index (κ2) is 12.6. The molecule has 5 heteroatoms. The Morgan fingerprint density at radius 3 is 2.24 bits per heavy atom. The molecular weight excluding hydrogens is 424 g/mol. The van der Waals surface area contributed by atoms with Crippen molar-refractivity contribution in [1.29, 1.82) is 0 Å². The lowest BCUT2D eigenvalue weighted by Gasteiger charge is -2.31. The van der Waals surface area contributed by atoms with Crippen LogP contribution in [0.15, 0.2) is 78.9 Å². The summed E-state index contributed by atoms with van der Waals surface area (Å²) in [6.45, 7) is 6.74. The van der Waals surface area contributed by atoms with Gasteiger partial charge in [-0.25, -0.2) is 0 Å². The number of hydrogen-bond donors (Lipinski definition) is 1. The SMILES string of the molecule is CCCNC(=O)[C@@H](Cc1ccccc1)N(Cc1ccc(C)cc1)C(=O)COc1ccccc1C. The van der Waals surface area contributed by atoms with Gasteiger partial charge in [-0.1, -0.05) is 85.3 Å². The Morgan fingerprint density at radius 1 is 0.882 bits per heavy atom. The van der Waals surface area contributed by atoms with Gasteiger partial charge in [0.2, 0.25) is 5.91 Å². The first-order valence-corrected chi connectivity index (χ1v) is 11.8. The highest BCUT2D eigenvalue weighted by atomic mass is 16.5. The van der Waals surface area contributed by atoms with Crippen molar-refractivity contribution in [1.82, 2.24) is 10.2 Å². The molecule has 0 aliphatic rings. The van der Waals surface area contributed by atoms with Crippen molar-refractivity contribution in [3.63, 3.8) is 0 Å². The molecule has 0 bridgehead atoms. The van der Waals surface area contributed by atoms with E-state index in [0.717, 1.165) is 28.7 Å². The highest BCUT2D eigenvalue weighted by Gasteiger charge is 2.30. The van der Waals surface area contributed by atoms with E-state index in [9.17, 15) is 9.59 Å². The van der Waals surface area contributed by atoms with Gasteiger partial charge in [-0.15, -0.1) is 0 Å². The highest BCUT2D eigenvalue weighted by Crippen LogP contribution is 2.19. The third kappa shape index (κ3) is 7.20. The van der Waals surface area contributed by atoms with Gasteiger partial charge in [-0.2, -0.15) is 0 Å². The number of para-hydroxylation sites is 1. The lowest BCUT2D eigenvalue weighted by atomic mass is 10.0. The Morgan fingerprint density at radius 2 is 1.56 bits per heavy atom. The molecular formula is C29H34N2O3. The third-order valence-electron chi connectivity index (χ3n) is 5.74. The van der Waals surface area contributed by atoms with Gasteiger partial charge < -0.3 is 15.0 Å². The lowest BCUT2D eigenvalue weighted by Crippen LogP contribution is -2.51. The Balaban J connectivity index is 1.89. The number of hydrogen-bond acceptors (Lipinski definition) is 3. The first kappa shape index (κ1) is 25.0. The topological polar surface area (TPSA) is 58.6 Å². The van der Waals surface area contributed by atoms with Gasteiger partial charge in [0.1, 0.15) is 11.8 Å². The number of amides is 2. The van der Waals surface area contributed by atoms with Gasteiger partial charge in [0.25, 0.3) is 5.91 Å². The normalized spacial score (nSPS) is 11.5. The van der Waals surface area contributed by atoms with Crippen LogP contribution in [0, 0.1) is 13.8 Å². The fraction of sp³-hybridized carbons (Fsp3) is 0.310. The molecule has 3 aromatic carbocycles. The number of carbonyl (C=O) groups is 2. The van der Waals surface area contributed by atoms with Crippen LogP contribution in [0.1, 0.15) is 35.6 Å². The molecule has 1 N–H and O–H groups in total. The smallest absolute Gasteiger partial charge is 0.261 e. The maximum atomic E-state index is 13.5. The van der Waals surface area contributed by atoms with Crippen LogP contribution >= 0.6 is 0 Å².